The number of aldehydes is 1. The van der Waals surface area contributed by atoms with Crippen molar-refractivity contribution in [3.8, 4) is 0 Å². The Morgan fingerprint density at radius 1 is 2.00 bits per heavy atom. The van der Waals surface area contributed by atoms with Gasteiger partial charge in [-0.25, -0.2) is 0 Å². The molecule has 0 aromatic heterocycles. The third-order valence-corrected chi connectivity index (χ3v) is 0.415. The molecule has 0 fully saturated rings. The van der Waals surface area contributed by atoms with E-state index in [0.29, 0.717) is 12.1 Å². The maximum atomic E-state index is 9.55. The molecule has 0 aliphatic heterocycles. The summed E-state index contributed by atoms with van der Waals surface area (Å²) in [5, 5.41) is 0. The number of hydrogen-bond donors (Lipinski definition) is 1. The Bertz CT molecular complexity index is 83.7. The van der Waals surface area contributed by atoms with Crippen molar-refractivity contribution >= 4 is 12.1 Å². The summed E-state index contributed by atoms with van der Waals surface area (Å²) in [6, 6.07) is 0. The molecule has 0 unspecified atom stereocenters. The number of carbonyl (C=O) groups excluding carboxylic acids is 1. The van der Waals surface area contributed by atoms with Crippen LogP contribution in [-0.2, 0) is 4.79 Å². The number of nitrogens with two attached hydrogens (primary N) is 1. The van der Waals surface area contributed by atoms with E-state index in [1.54, 1.807) is 6.92 Å². The lowest BCUT2D eigenvalue weighted by molar-refractivity contribution is -0.106. The molecule has 0 amide bonds. The predicted octanol–water partition coefficient (Wildman–Crippen LogP) is -0.438. The van der Waals surface area contributed by atoms with Crippen molar-refractivity contribution < 1.29 is 4.79 Å². The highest BCUT2D eigenvalue weighted by Crippen LogP contribution is 1.62. The lowest BCUT2D eigenvalue weighted by atomic mass is 10.7. The van der Waals surface area contributed by atoms with Gasteiger partial charge in [0.1, 0.15) is 6.29 Å². The minimum atomic E-state index is 0.183. The Morgan fingerprint density at radius 3 is 2.71 bits per heavy atom. The smallest absolute Gasteiger partial charge is 0.141 e. The van der Waals surface area contributed by atoms with Gasteiger partial charge in [-0.2, -0.15) is 0 Å². The molecule has 0 atom stereocenters. The highest BCUT2D eigenvalue weighted by atomic mass is 16.1. The maximum absolute atomic E-state index is 9.55. The van der Waals surface area contributed by atoms with Crippen LogP contribution in [0.4, 0.5) is 0 Å². The van der Waals surface area contributed by atoms with Gasteiger partial charge in [0.05, 0.1) is 12.4 Å². The van der Waals surface area contributed by atoms with Gasteiger partial charge in [0.25, 0.3) is 0 Å². The lowest BCUT2D eigenvalue weighted by Gasteiger charge is -1.81. The van der Waals surface area contributed by atoms with Crippen molar-refractivity contribution in [2.45, 2.75) is 6.92 Å². The summed E-state index contributed by atoms with van der Waals surface area (Å²) in [6.07, 6.45) is 0.705. The van der Waals surface area contributed by atoms with E-state index in [9.17, 15) is 4.79 Å². The van der Waals surface area contributed by atoms with Crippen LogP contribution in [0.5, 0.6) is 0 Å². The highest BCUT2D eigenvalue weighted by molar-refractivity contribution is 5.78. The average Bonchev–Trinajstić information content (AvgIpc) is 1.61. The molecule has 0 heterocycles. The van der Waals surface area contributed by atoms with E-state index >= 15 is 0 Å². The van der Waals surface area contributed by atoms with Gasteiger partial charge in [-0.1, -0.05) is 0 Å². The molecule has 0 aliphatic rings. The van der Waals surface area contributed by atoms with Gasteiger partial charge in [0, 0.05) is 0 Å². The molecule has 3 nitrogen and oxygen atoms in total. The number of aliphatic imine (C=N–C) groups is 1. The van der Waals surface area contributed by atoms with Crippen molar-refractivity contribution in [2.24, 2.45) is 10.7 Å². The third kappa shape index (κ3) is 5.14. The molecule has 2 N–H and O–H groups in total. The second-order valence-electron chi connectivity index (χ2n) is 1.15. The fourth-order valence-corrected chi connectivity index (χ4v) is 0.181. The van der Waals surface area contributed by atoms with Gasteiger partial charge >= 0.3 is 0 Å². The molecule has 0 aromatic rings. The zero-order valence-electron chi connectivity index (χ0n) is 4.22. The number of hydrogen-bond acceptors (Lipinski definition) is 2. The summed E-state index contributed by atoms with van der Waals surface area (Å²) in [5.74, 6) is 0.451. The molecule has 0 rings (SSSR count). The first-order valence-corrected chi connectivity index (χ1v) is 1.97. The monoisotopic (exact) mass is 100 g/mol. The fraction of sp³-hybridized carbons (Fsp3) is 0.500. The van der Waals surface area contributed by atoms with Crippen LogP contribution in [0.15, 0.2) is 4.99 Å². The van der Waals surface area contributed by atoms with E-state index < -0.39 is 0 Å². The summed E-state index contributed by atoms with van der Waals surface area (Å²) in [5.41, 5.74) is 5.07. The largest absolute Gasteiger partial charge is 0.388 e. The zero-order chi connectivity index (χ0) is 5.70. The molecule has 0 radical (unpaired) electrons. The van der Waals surface area contributed by atoms with Crippen LogP contribution in [-0.4, -0.2) is 18.7 Å². The molecule has 0 bridgehead atoms. The molecule has 0 aromatic carbocycles. The molecular weight excluding hydrogens is 92.1 g/mol. The van der Waals surface area contributed by atoms with Crippen molar-refractivity contribution in [3.63, 3.8) is 0 Å². The second kappa shape index (κ2) is 3.33. The van der Waals surface area contributed by atoms with E-state index in [1.165, 1.54) is 0 Å². The Morgan fingerprint density at radius 2 is 2.57 bits per heavy atom. The predicted molar refractivity (Wildman–Crippen MR) is 28.2 cm³/mol. The number of rotatable bonds is 2. The quantitative estimate of drug-likeness (QED) is 0.290. The molecule has 0 aliphatic carbocycles. The number of nitrogens with zero attached hydrogens (tertiary/aromatic N) is 1. The summed E-state index contributed by atoms with van der Waals surface area (Å²) in [6.45, 7) is 1.83. The van der Waals surface area contributed by atoms with Gasteiger partial charge in [0.15, 0.2) is 0 Å². The Kier molecular flexibility index (Phi) is 2.92. The minimum absolute atomic E-state index is 0.183. The van der Waals surface area contributed by atoms with Crippen LogP contribution in [0, 0.1) is 0 Å². The van der Waals surface area contributed by atoms with E-state index in [-0.39, 0.29) is 6.54 Å². The van der Waals surface area contributed by atoms with Gasteiger partial charge in [-0.15, -0.1) is 0 Å². The molecule has 40 valence electrons. The van der Waals surface area contributed by atoms with Gasteiger partial charge in [-0.05, 0) is 6.92 Å². The Labute approximate surface area is 42.2 Å². The lowest BCUT2D eigenvalue weighted by Crippen LogP contribution is -2.05. The molecule has 0 spiro atoms. The van der Waals surface area contributed by atoms with Crippen molar-refractivity contribution in [3.05, 3.63) is 0 Å². The first-order chi connectivity index (χ1) is 3.27. The summed E-state index contributed by atoms with van der Waals surface area (Å²) in [4.78, 5) is 13.1. The van der Waals surface area contributed by atoms with Gasteiger partial charge < -0.3 is 10.5 Å². The Hall–Kier alpha value is -0.860. The molecule has 7 heavy (non-hydrogen) atoms. The zero-order valence-corrected chi connectivity index (χ0v) is 4.22. The van der Waals surface area contributed by atoms with E-state index in [1.807, 2.05) is 0 Å². The normalized spacial score (nSPS) is 11.3. The topological polar surface area (TPSA) is 55.4 Å². The SMILES string of the molecule is CC(N)=NCC=O. The summed E-state index contributed by atoms with van der Waals surface area (Å²) < 4.78 is 0. The fourth-order valence-electron chi connectivity index (χ4n) is 0.181. The first kappa shape index (κ1) is 6.14. The van der Waals surface area contributed by atoms with Gasteiger partial charge in [0.2, 0.25) is 0 Å². The van der Waals surface area contributed by atoms with Crippen LogP contribution >= 0.6 is 0 Å². The second-order valence-corrected chi connectivity index (χ2v) is 1.15. The number of carbonyl (C=O) groups is 1. The standard InChI is InChI=1S/C4H8N2O/c1-4(5)6-2-3-7/h3H,2H2,1H3,(H2,5,6). The Balaban J connectivity index is 3.25. The van der Waals surface area contributed by atoms with Crippen LogP contribution in [0.2, 0.25) is 0 Å². The van der Waals surface area contributed by atoms with Crippen molar-refractivity contribution in [1.82, 2.24) is 0 Å². The summed E-state index contributed by atoms with van der Waals surface area (Å²) in [7, 11) is 0. The van der Waals surface area contributed by atoms with Crippen molar-refractivity contribution in [2.75, 3.05) is 6.54 Å². The average molecular weight is 100 g/mol. The third-order valence-electron chi connectivity index (χ3n) is 0.415. The van der Waals surface area contributed by atoms with Crippen molar-refractivity contribution in [1.29, 1.82) is 0 Å². The maximum Gasteiger partial charge on any atom is 0.141 e. The van der Waals surface area contributed by atoms with Crippen LogP contribution in [0.1, 0.15) is 6.92 Å². The first-order valence-electron chi connectivity index (χ1n) is 1.97. The van der Waals surface area contributed by atoms with Gasteiger partial charge in [-0.3, -0.25) is 4.99 Å². The molecular formula is C4H8N2O. The molecule has 0 saturated heterocycles. The highest BCUT2D eigenvalue weighted by Gasteiger charge is 1.73. The van der Waals surface area contributed by atoms with Crippen LogP contribution < -0.4 is 5.73 Å². The summed E-state index contributed by atoms with van der Waals surface area (Å²) >= 11 is 0. The van der Waals surface area contributed by atoms with E-state index in [0.717, 1.165) is 0 Å². The molecule has 3 heteroatoms. The van der Waals surface area contributed by atoms with E-state index in [4.69, 9.17) is 5.73 Å². The van der Waals surface area contributed by atoms with Crippen LogP contribution in [0.3, 0.4) is 0 Å². The van der Waals surface area contributed by atoms with Crippen LogP contribution in [0.25, 0.3) is 0 Å². The van der Waals surface area contributed by atoms with E-state index in [2.05, 4.69) is 4.99 Å². The molecule has 0 saturated carbocycles. The minimum Gasteiger partial charge on any atom is -0.388 e. The number of amidine groups is 1.